The zero-order valence-electron chi connectivity index (χ0n) is 11.0. The van der Waals surface area contributed by atoms with Gasteiger partial charge in [-0.2, -0.15) is 0 Å². The Morgan fingerprint density at radius 2 is 1.89 bits per heavy atom. The number of pyridine rings is 2. The Morgan fingerprint density at radius 3 is 2.56 bits per heavy atom. The predicted octanol–water partition coefficient (Wildman–Crippen LogP) is 3.58. The van der Waals surface area contributed by atoms with Crippen LogP contribution in [0.3, 0.4) is 0 Å². The molecule has 0 aliphatic heterocycles. The van der Waals surface area contributed by atoms with Crippen molar-refractivity contribution in [3.63, 3.8) is 0 Å². The molecule has 0 bridgehead atoms. The number of aryl methyl sites for hydroxylation is 1. The minimum Gasteiger partial charge on any atom is -0.261 e. The zero-order chi connectivity index (χ0) is 13.0. The molecule has 0 aliphatic carbocycles. The summed E-state index contributed by atoms with van der Waals surface area (Å²) in [5, 5.41) is 0. The average molecular weight is 239 g/mol. The van der Waals surface area contributed by atoms with Gasteiger partial charge in [0.15, 0.2) is 0 Å². The molecule has 2 nitrogen and oxygen atoms in total. The first kappa shape index (κ1) is 12.7. The zero-order valence-corrected chi connectivity index (χ0v) is 11.0. The quantitative estimate of drug-likeness (QED) is 0.815. The van der Waals surface area contributed by atoms with Gasteiger partial charge in [0.2, 0.25) is 0 Å². The summed E-state index contributed by atoms with van der Waals surface area (Å²) in [6.45, 7) is 8.55. The van der Waals surface area contributed by atoms with Crippen LogP contribution in [0.15, 0.2) is 42.7 Å². The highest BCUT2D eigenvalue weighted by Gasteiger charge is 2.17. The molecule has 0 amide bonds. The molecule has 2 unspecified atom stereocenters. The number of rotatable bonds is 4. The summed E-state index contributed by atoms with van der Waals surface area (Å²) in [6.07, 6.45) is 4.58. The lowest BCUT2D eigenvalue weighted by molar-refractivity contribution is 0.517. The molecule has 0 saturated carbocycles. The van der Waals surface area contributed by atoms with Gasteiger partial charge in [-0.05, 0) is 49.9 Å². The maximum absolute atomic E-state index is 4.43. The summed E-state index contributed by atoms with van der Waals surface area (Å²) in [7, 11) is 0. The van der Waals surface area contributed by atoms with Crippen LogP contribution in [0.2, 0.25) is 0 Å². The minimum atomic E-state index is 0.286. The molecule has 18 heavy (non-hydrogen) atoms. The topological polar surface area (TPSA) is 25.8 Å². The van der Waals surface area contributed by atoms with Gasteiger partial charge in [-0.25, -0.2) is 0 Å². The molecule has 0 saturated heterocycles. The predicted molar refractivity (Wildman–Crippen MR) is 74.2 cm³/mol. The third-order valence-corrected chi connectivity index (χ3v) is 3.43. The maximum atomic E-state index is 4.43. The monoisotopic (exact) mass is 239 g/mol. The van der Waals surface area contributed by atoms with E-state index in [1.54, 1.807) is 0 Å². The van der Waals surface area contributed by atoms with E-state index < -0.39 is 0 Å². The van der Waals surface area contributed by atoms with Crippen molar-refractivity contribution in [2.24, 2.45) is 5.92 Å². The van der Waals surface area contributed by atoms with E-state index in [0.29, 0.717) is 5.92 Å². The molecule has 93 valence electrons. The van der Waals surface area contributed by atoms with Gasteiger partial charge in [0, 0.05) is 29.7 Å². The first-order chi connectivity index (χ1) is 8.68. The number of aromatic nitrogens is 2. The Kier molecular flexibility index (Phi) is 4.08. The molecule has 0 aromatic carbocycles. The van der Waals surface area contributed by atoms with Crippen LogP contribution in [-0.2, 0) is 6.42 Å². The Balaban J connectivity index is 2.09. The Labute approximate surface area is 109 Å². The van der Waals surface area contributed by atoms with Crippen molar-refractivity contribution >= 4 is 0 Å². The van der Waals surface area contributed by atoms with Crippen LogP contribution in [0.25, 0.3) is 0 Å². The summed E-state index contributed by atoms with van der Waals surface area (Å²) in [5.41, 5.74) is 3.48. The first-order valence-electron chi connectivity index (χ1n) is 6.33. The molecule has 2 aromatic rings. The molecule has 0 aliphatic rings. The molecule has 2 atom stereocenters. The Hall–Kier alpha value is -1.70. The highest BCUT2D eigenvalue weighted by molar-refractivity contribution is 5.19. The highest BCUT2D eigenvalue weighted by atomic mass is 14.7. The molecule has 2 aromatic heterocycles. The fourth-order valence-corrected chi connectivity index (χ4v) is 2.04. The lowest BCUT2D eigenvalue weighted by atomic mass is 9.88. The summed E-state index contributed by atoms with van der Waals surface area (Å²) in [5.74, 6) is 0.626. The minimum absolute atomic E-state index is 0.286. The fourth-order valence-electron chi connectivity index (χ4n) is 2.04. The van der Waals surface area contributed by atoms with Crippen LogP contribution < -0.4 is 0 Å². The van der Waals surface area contributed by atoms with Gasteiger partial charge in [0.1, 0.15) is 0 Å². The standard InChI is InChI=1S/C16H19N2/c1-12-7-6-10-18-16(12)11-13(2)14(3)15-8-4-5-9-17-15/h4-10,13-14H,2,11H2,1,3H3. The summed E-state index contributed by atoms with van der Waals surface area (Å²) in [6, 6.07) is 10.1. The van der Waals surface area contributed by atoms with E-state index in [2.05, 4.69) is 42.9 Å². The van der Waals surface area contributed by atoms with Gasteiger partial charge in [-0.15, -0.1) is 0 Å². The summed E-state index contributed by atoms with van der Waals surface area (Å²) < 4.78 is 0. The van der Waals surface area contributed by atoms with Gasteiger partial charge >= 0.3 is 0 Å². The Bertz CT molecular complexity index is 493. The highest BCUT2D eigenvalue weighted by Crippen LogP contribution is 2.25. The van der Waals surface area contributed by atoms with Crippen LogP contribution >= 0.6 is 0 Å². The average Bonchev–Trinajstić information content (AvgIpc) is 2.41. The molecule has 0 spiro atoms. The normalized spacial score (nSPS) is 14.2. The third-order valence-electron chi connectivity index (χ3n) is 3.43. The van der Waals surface area contributed by atoms with Crippen molar-refractivity contribution in [3.8, 4) is 0 Å². The Morgan fingerprint density at radius 1 is 1.11 bits per heavy atom. The van der Waals surface area contributed by atoms with Crippen LogP contribution in [0.5, 0.6) is 0 Å². The van der Waals surface area contributed by atoms with E-state index in [0.717, 1.165) is 17.8 Å². The number of hydrogen-bond acceptors (Lipinski definition) is 2. The second-order valence-corrected chi connectivity index (χ2v) is 4.77. The van der Waals surface area contributed by atoms with E-state index >= 15 is 0 Å². The molecular weight excluding hydrogens is 220 g/mol. The molecule has 2 heterocycles. The largest absolute Gasteiger partial charge is 0.261 e. The summed E-state index contributed by atoms with van der Waals surface area (Å²) >= 11 is 0. The van der Waals surface area contributed by atoms with Crippen LogP contribution in [0.4, 0.5) is 0 Å². The summed E-state index contributed by atoms with van der Waals surface area (Å²) in [4.78, 5) is 8.84. The molecule has 2 rings (SSSR count). The van der Waals surface area contributed by atoms with E-state index in [9.17, 15) is 0 Å². The van der Waals surface area contributed by atoms with Gasteiger partial charge in [0.25, 0.3) is 0 Å². The van der Waals surface area contributed by atoms with Gasteiger partial charge < -0.3 is 0 Å². The van der Waals surface area contributed by atoms with Crippen molar-refractivity contribution in [2.75, 3.05) is 0 Å². The lowest BCUT2D eigenvalue weighted by Crippen LogP contribution is -2.12. The molecule has 0 fully saturated rings. The van der Waals surface area contributed by atoms with Crippen LogP contribution in [0, 0.1) is 19.8 Å². The molecule has 1 radical (unpaired) electrons. The number of nitrogens with zero attached hydrogens (tertiary/aromatic N) is 2. The second-order valence-electron chi connectivity index (χ2n) is 4.77. The molecule has 0 N–H and O–H groups in total. The van der Waals surface area contributed by atoms with Gasteiger partial charge in [-0.3, -0.25) is 9.97 Å². The van der Waals surface area contributed by atoms with Crippen molar-refractivity contribution in [1.82, 2.24) is 9.97 Å². The van der Waals surface area contributed by atoms with Gasteiger partial charge in [-0.1, -0.05) is 19.1 Å². The number of hydrogen-bond donors (Lipinski definition) is 0. The van der Waals surface area contributed by atoms with E-state index in [1.807, 2.05) is 30.6 Å². The maximum Gasteiger partial charge on any atom is 0.0435 e. The van der Waals surface area contributed by atoms with Crippen LogP contribution in [-0.4, -0.2) is 9.97 Å². The van der Waals surface area contributed by atoms with Gasteiger partial charge in [0.05, 0.1) is 0 Å². The fraction of sp³-hybridized carbons (Fsp3) is 0.312. The van der Waals surface area contributed by atoms with E-state index in [4.69, 9.17) is 0 Å². The first-order valence-corrected chi connectivity index (χ1v) is 6.33. The molecular formula is C16H19N2. The van der Waals surface area contributed by atoms with Crippen molar-refractivity contribution < 1.29 is 0 Å². The van der Waals surface area contributed by atoms with E-state index in [1.165, 1.54) is 5.56 Å². The van der Waals surface area contributed by atoms with E-state index in [-0.39, 0.29) is 5.92 Å². The lowest BCUT2D eigenvalue weighted by Gasteiger charge is -2.19. The third kappa shape index (κ3) is 2.95. The smallest absolute Gasteiger partial charge is 0.0435 e. The van der Waals surface area contributed by atoms with Crippen LogP contribution in [0.1, 0.15) is 29.8 Å². The van der Waals surface area contributed by atoms with Crippen molar-refractivity contribution in [2.45, 2.75) is 26.2 Å². The second kappa shape index (κ2) is 5.76. The van der Waals surface area contributed by atoms with Crippen molar-refractivity contribution in [1.29, 1.82) is 0 Å². The molecule has 2 heteroatoms. The SMILES string of the molecule is [CH2]C(Cc1ncccc1C)C(C)c1ccccn1. The van der Waals surface area contributed by atoms with Crippen molar-refractivity contribution in [3.05, 3.63) is 66.6 Å².